The summed E-state index contributed by atoms with van der Waals surface area (Å²) >= 11 is 1.24. The lowest BCUT2D eigenvalue weighted by atomic mass is 9.97. The molecule has 3 N–H and O–H groups in total. The Bertz CT molecular complexity index is 771. The van der Waals surface area contributed by atoms with E-state index in [-0.39, 0.29) is 29.9 Å². The number of thiazole rings is 1. The van der Waals surface area contributed by atoms with Gasteiger partial charge in [-0.1, -0.05) is 0 Å². The molecule has 8 nitrogen and oxygen atoms in total. The van der Waals surface area contributed by atoms with Crippen molar-refractivity contribution in [1.29, 1.82) is 0 Å². The van der Waals surface area contributed by atoms with Gasteiger partial charge in [0.1, 0.15) is 0 Å². The summed E-state index contributed by atoms with van der Waals surface area (Å²) in [7, 11) is 0. The molecule has 1 unspecified atom stereocenters. The molecular weight excluding hydrogens is 344 g/mol. The molecule has 9 heteroatoms. The van der Waals surface area contributed by atoms with Crippen molar-refractivity contribution in [3.05, 3.63) is 35.2 Å². The van der Waals surface area contributed by atoms with Gasteiger partial charge in [-0.3, -0.25) is 19.7 Å². The smallest absolute Gasteiger partial charge is 0.293 e. The lowest BCUT2D eigenvalue weighted by Gasteiger charge is -2.31. The Balaban J connectivity index is 1.56. The molecule has 0 bridgehead atoms. The molecule has 0 spiro atoms. The van der Waals surface area contributed by atoms with Crippen LogP contribution in [0.2, 0.25) is 0 Å². The standard InChI is InChI=1S/C16H18N4O4S/c17-14(22)10-3-1-5-20(8-10)13(21)7-11-9-25-16(18-11)19-15(23)12-4-2-6-24-12/h2,4,6,9-10H,1,3,5,7-8H2,(H2,17,22)(H,18,19,23). The number of nitrogens with zero attached hydrogens (tertiary/aromatic N) is 2. The fourth-order valence-electron chi connectivity index (χ4n) is 2.71. The number of amides is 3. The summed E-state index contributed by atoms with van der Waals surface area (Å²) in [5, 5.41) is 4.76. The average molecular weight is 362 g/mol. The number of likely N-dealkylation sites (tertiary alicyclic amines) is 1. The molecular formula is C16H18N4O4S. The molecule has 3 amide bonds. The van der Waals surface area contributed by atoms with E-state index >= 15 is 0 Å². The minimum absolute atomic E-state index is 0.0971. The van der Waals surface area contributed by atoms with Gasteiger partial charge < -0.3 is 15.1 Å². The predicted molar refractivity (Wildman–Crippen MR) is 91.0 cm³/mol. The summed E-state index contributed by atoms with van der Waals surface area (Å²) < 4.78 is 5.01. The Labute approximate surface area is 148 Å². The SMILES string of the molecule is NC(=O)C1CCCN(C(=O)Cc2csc(NC(=O)c3ccco3)n2)C1. The van der Waals surface area contributed by atoms with E-state index in [1.807, 2.05) is 0 Å². The largest absolute Gasteiger partial charge is 0.459 e. The number of furan rings is 1. The summed E-state index contributed by atoms with van der Waals surface area (Å²) in [5.74, 6) is -0.943. The van der Waals surface area contributed by atoms with Crippen molar-refractivity contribution in [2.24, 2.45) is 11.7 Å². The zero-order valence-corrected chi connectivity index (χ0v) is 14.3. The van der Waals surface area contributed by atoms with E-state index in [9.17, 15) is 14.4 Å². The van der Waals surface area contributed by atoms with Crippen LogP contribution in [-0.4, -0.2) is 40.7 Å². The molecule has 25 heavy (non-hydrogen) atoms. The molecule has 2 aromatic rings. The summed E-state index contributed by atoms with van der Waals surface area (Å²) in [6.45, 7) is 0.981. The van der Waals surface area contributed by atoms with E-state index in [2.05, 4.69) is 10.3 Å². The fourth-order valence-corrected chi connectivity index (χ4v) is 3.42. The number of rotatable bonds is 5. The van der Waals surface area contributed by atoms with E-state index in [4.69, 9.17) is 10.2 Å². The van der Waals surface area contributed by atoms with Gasteiger partial charge in [-0.25, -0.2) is 4.98 Å². The number of nitrogens with two attached hydrogens (primary N) is 1. The zero-order chi connectivity index (χ0) is 17.8. The van der Waals surface area contributed by atoms with Gasteiger partial charge in [-0.2, -0.15) is 0 Å². The lowest BCUT2D eigenvalue weighted by molar-refractivity contribution is -0.134. The summed E-state index contributed by atoms with van der Waals surface area (Å²) in [4.78, 5) is 41.5. The Hall–Kier alpha value is -2.68. The van der Waals surface area contributed by atoms with Crippen LogP contribution < -0.4 is 11.1 Å². The number of hydrogen-bond donors (Lipinski definition) is 2. The van der Waals surface area contributed by atoms with Crippen LogP contribution in [0.4, 0.5) is 5.13 Å². The number of hydrogen-bond acceptors (Lipinski definition) is 6. The molecule has 0 radical (unpaired) electrons. The third-order valence-corrected chi connectivity index (χ3v) is 4.83. The highest BCUT2D eigenvalue weighted by molar-refractivity contribution is 7.14. The van der Waals surface area contributed by atoms with E-state index < -0.39 is 5.91 Å². The summed E-state index contributed by atoms with van der Waals surface area (Å²) in [5.41, 5.74) is 5.91. The maximum Gasteiger partial charge on any atom is 0.293 e. The zero-order valence-electron chi connectivity index (χ0n) is 13.4. The molecule has 3 heterocycles. The topological polar surface area (TPSA) is 119 Å². The van der Waals surface area contributed by atoms with Gasteiger partial charge in [-0.05, 0) is 25.0 Å². The molecule has 0 saturated carbocycles. The van der Waals surface area contributed by atoms with Crippen molar-refractivity contribution in [1.82, 2.24) is 9.88 Å². The highest BCUT2D eigenvalue weighted by atomic mass is 32.1. The first-order valence-electron chi connectivity index (χ1n) is 7.89. The first-order valence-corrected chi connectivity index (χ1v) is 8.77. The van der Waals surface area contributed by atoms with Crippen LogP contribution in [-0.2, 0) is 16.0 Å². The van der Waals surface area contributed by atoms with Crippen molar-refractivity contribution in [3.8, 4) is 0 Å². The summed E-state index contributed by atoms with van der Waals surface area (Å²) in [6, 6.07) is 3.18. The number of nitrogens with one attached hydrogen (secondary N) is 1. The minimum Gasteiger partial charge on any atom is -0.459 e. The van der Waals surface area contributed by atoms with Gasteiger partial charge in [0.2, 0.25) is 11.8 Å². The minimum atomic E-state index is -0.391. The number of piperidine rings is 1. The highest BCUT2D eigenvalue weighted by Gasteiger charge is 2.27. The van der Waals surface area contributed by atoms with Crippen molar-refractivity contribution in [2.45, 2.75) is 19.3 Å². The van der Waals surface area contributed by atoms with E-state index in [0.29, 0.717) is 23.9 Å². The molecule has 1 fully saturated rings. The van der Waals surface area contributed by atoms with Crippen LogP contribution in [0.3, 0.4) is 0 Å². The third kappa shape index (κ3) is 4.24. The van der Waals surface area contributed by atoms with Crippen LogP contribution in [0, 0.1) is 5.92 Å². The quantitative estimate of drug-likeness (QED) is 0.830. The van der Waals surface area contributed by atoms with Crippen LogP contribution in [0.15, 0.2) is 28.2 Å². The van der Waals surface area contributed by atoms with Crippen LogP contribution >= 0.6 is 11.3 Å². The number of anilines is 1. The maximum atomic E-state index is 12.4. The first kappa shape index (κ1) is 17.2. The average Bonchev–Trinajstić information content (AvgIpc) is 3.27. The fraction of sp³-hybridized carbons (Fsp3) is 0.375. The van der Waals surface area contributed by atoms with Crippen molar-refractivity contribution in [3.63, 3.8) is 0 Å². The van der Waals surface area contributed by atoms with Crippen molar-refractivity contribution >= 4 is 34.2 Å². The van der Waals surface area contributed by atoms with E-state index in [0.717, 1.165) is 12.8 Å². The Kier molecular flexibility index (Phi) is 5.13. The number of aromatic nitrogens is 1. The molecule has 0 aromatic carbocycles. The second kappa shape index (κ2) is 7.47. The van der Waals surface area contributed by atoms with Crippen molar-refractivity contribution < 1.29 is 18.8 Å². The van der Waals surface area contributed by atoms with Crippen LogP contribution in [0.5, 0.6) is 0 Å². The molecule has 1 aliphatic rings. The summed E-state index contributed by atoms with van der Waals surface area (Å²) in [6.07, 6.45) is 3.02. The Morgan fingerprint density at radius 2 is 2.28 bits per heavy atom. The van der Waals surface area contributed by atoms with Gasteiger partial charge in [-0.15, -0.1) is 11.3 Å². The first-order chi connectivity index (χ1) is 12.0. The van der Waals surface area contributed by atoms with Crippen LogP contribution in [0.25, 0.3) is 0 Å². The van der Waals surface area contributed by atoms with Gasteiger partial charge in [0.05, 0.1) is 24.3 Å². The molecule has 1 atom stereocenters. The normalized spacial score (nSPS) is 17.3. The molecule has 1 aliphatic heterocycles. The lowest BCUT2D eigenvalue weighted by Crippen LogP contribution is -2.44. The molecule has 2 aromatic heterocycles. The maximum absolute atomic E-state index is 12.4. The molecule has 1 saturated heterocycles. The van der Waals surface area contributed by atoms with Gasteiger partial charge in [0, 0.05) is 18.5 Å². The number of carbonyl (C=O) groups excluding carboxylic acids is 3. The van der Waals surface area contributed by atoms with Gasteiger partial charge >= 0.3 is 0 Å². The molecule has 0 aliphatic carbocycles. The van der Waals surface area contributed by atoms with Crippen LogP contribution in [0.1, 0.15) is 29.1 Å². The Morgan fingerprint density at radius 1 is 1.44 bits per heavy atom. The van der Waals surface area contributed by atoms with E-state index in [1.54, 1.807) is 22.4 Å². The van der Waals surface area contributed by atoms with Gasteiger partial charge in [0.25, 0.3) is 5.91 Å². The molecule has 3 rings (SSSR count). The molecule has 132 valence electrons. The van der Waals surface area contributed by atoms with E-state index in [1.165, 1.54) is 17.6 Å². The second-order valence-corrected chi connectivity index (χ2v) is 6.69. The monoisotopic (exact) mass is 362 g/mol. The predicted octanol–water partition coefficient (Wildman–Crippen LogP) is 1.25. The Morgan fingerprint density at radius 3 is 3.00 bits per heavy atom. The van der Waals surface area contributed by atoms with Gasteiger partial charge in [0.15, 0.2) is 10.9 Å². The van der Waals surface area contributed by atoms with Crippen molar-refractivity contribution in [2.75, 3.05) is 18.4 Å². The number of carbonyl (C=O) groups is 3. The highest BCUT2D eigenvalue weighted by Crippen LogP contribution is 2.20. The third-order valence-electron chi connectivity index (χ3n) is 4.03. The second-order valence-electron chi connectivity index (χ2n) is 5.83. The number of primary amides is 1.